The van der Waals surface area contributed by atoms with Crippen molar-refractivity contribution in [3.8, 4) is 11.1 Å². The Morgan fingerprint density at radius 2 is 1.76 bits per heavy atom. The first-order valence-corrected chi connectivity index (χ1v) is 5.72. The van der Waals surface area contributed by atoms with Crippen molar-refractivity contribution >= 4 is 23.2 Å². The van der Waals surface area contributed by atoms with E-state index in [-0.39, 0.29) is 12.4 Å². The molecule has 0 radical (unpaired) electrons. The molecule has 0 aliphatic rings. The highest BCUT2D eigenvalue weighted by atomic mass is 35.5. The fourth-order valence-corrected chi connectivity index (χ4v) is 2.16. The van der Waals surface area contributed by atoms with Gasteiger partial charge in [-0.05, 0) is 35.4 Å². The molecule has 0 fully saturated rings. The Hall–Kier alpha value is -1.09. The van der Waals surface area contributed by atoms with Crippen molar-refractivity contribution in [1.82, 2.24) is 0 Å². The van der Waals surface area contributed by atoms with E-state index in [1.165, 1.54) is 18.2 Å². The predicted molar refractivity (Wildman–Crippen MR) is 67.8 cm³/mol. The third-order valence-corrected chi connectivity index (χ3v) is 3.01. The molecule has 0 atom stereocenters. The highest BCUT2D eigenvalue weighted by Crippen LogP contribution is 2.33. The minimum Gasteiger partial charge on any atom is -0.392 e. The molecular weight excluding hydrogens is 262 g/mol. The van der Waals surface area contributed by atoms with Crippen molar-refractivity contribution in [2.75, 3.05) is 0 Å². The quantitative estimate of drug-likeness (QED) is 0.863. The van der Waals surface area contributed by atoms with Crippen LogP contribution in [0.2, 0.25) is 10.0 Å². The average Bonchev–Trinajstić information content (AvgIpc) is 2.29. The molecule has 88 valence electrons. The van der Waals surface area contributed by atoms with Crippen molar-refractivity contribution < 1.29 is 9.50 Å². The van der Waals surface area contributed by atoms with Crippen LogP contribution >= 0.6 is 23.2 Å². The van der Waals surface area contributed by atoms with Crippen LogP contribution < -0.4 is 0 Å². The van der Waals surface area contributed by atoms with Gasteiger partial charge in [-0.1, -0.05) is 35.3 Å². The molecule has 2 aromatic rings. The topological polar surface area (TPSA) is 20.2 Å². The Balaban J connectivity index is 2.62. The standard InChI is InChI=1S/C13H9Cl2FO/c14-9-2-4-11(13(15)5-9)12-6-10(16)3-1-8(12)7-17/h1-6,17H,7H2. The fourth-order valence-electron chi connectivity index (χ4n) is 1.65. The Morgan fingerprint density at radius 1 is 1.00 bits per heavy atom. The third-order valence-electron chi connectivity index (χ3n) is 2.46. The molecule has 2 aromatic carbocycles. The first-order valence-electron chi connectivity index (χ1n) is 4.96. The molecule has 4 heteroatoms. The van der Waals surface area contributed by atoms with E-state index in [4.69, 9.17) is 23.2 Å². The average molecular weight is 271 g/mol. The molecule has 0 aliphatic carbocycles. The van der Waals surface area contributed by atoms with Crippen LogP contribution in [0.3, 0.4) is 0 Å². The molecule has 0 bridgehead atoms. The number of benzene rings is 2. The van der Waals surface area contributed by atoms with Crippen LogP contribution in [0.4, 0.5) is 4.39 Å². The van der Waals surface area contributed by atoms with Crippen LogP contribution in [-0.4, -0.2) is 5.11 Å². The zero-order chi connectivity index (χ0) is 12.4. The molecule has 0 aliphatic heterocycles. The van der Waals surface area contributed by atoms with Crippen LogP contribution in [0.1, 0.15) is 5.56 Å². The lowest BCUT2D eigenvalue weighted by atomic mass is 10.00. The van der Waals surface area contributed by atoms with Gasteiger partial charge in [-0.25, -0.2) is 4.39 Å². The minimum atomic E-state index is -0.372. The minimum absolute atomic E-state index is 0.172. The van der Waals surface area contributed by atoms with Crippen molar-refractivity contribution in [3.05, 3.63) is 57.8 Å². The number of aliphatic hydroxyl groups is 1. The van der Waals surface area contributed by atoms with Crippen LogP contribution in [0.25, 0.3) is 11.1 Å². The molecular formula is C13H9Cl2FO. The van der Waals surface area contributed by atoms with E-state index in [0.29, 0.717) is 26.7 Å². The summed E-state index contributed by atoms with van der Waals surface area (Å²) < 4.78 is 13.2. The second kappa shape index (κ2) is 5.05. The number of aliphatic hydroxyl groups excluding tert-OH is 1. The van der Waals surface area contributed by atoms with E-state index < -0.39 is 0 Å². The van der Waals surface area contributed by atoms with E-state index in [9.17, 15) is 9.50 Å². The van der Waals surface area contributed by atoms with Gasteiger partial charge in [0.2, 0.25) is 0 Å². The van der Waals surface area contributed by atoms with Crippen molar-refractivity contribution in [2.45, 2.75) is 6.61 Å². The smallest absolute Gasteiger partial charge is 0.123 e. The van der Waals surface area contributed by atoms with E-state index in [2.05, 4.69) is 0 Å². The molecule has 17 heavy (non-hydrogen) atoms. The Kier molecular flexibility index (Phi) is 3.67. The summed E-state index contributed by atoms with van der Waals surface area (Å²) in [6, 6.07) is 9.16. The number of hydrogen-bond donors (Lipinski definition) is 1. The summed E-state index contributed by atoms with van der Waals surface area (Å²) in [5, 5.41) is 10.2. The largest absolute Gasteiger partial charge is 0.392 e. The van der Waals surface area contributed by atoms with Gasteiger partial charge < -0.3 is 5.11 Å². The first-order chi connectivity index (χ1) is 8.11. The first kappa shape index (κ1) is 12.4. The highest BCUT2D eigenvalue weighted by molar-refractivity contribution is 6.36. The maximum Gasteiger partial charge on any atom is 0.123 e. The molecule has 0 aromatic heterocycles. The van der Waals surface area contributed by atoms with Gasteiger partial charge in [-0.3, -0.25) is 0 Å². The van der Waals surface area contributed by atoms with Gasteiger partial charge in [0, 0.05) is 15.6 Å². The molecule has 2 rings (SSSR count). The molecule has 0 amide bonds. The zero-order valence-corrected chi connectivity index (χ0v) is 10.3. The number of rotatable bonds is 2. The van der Waals surface area contributed by atoms with E-state index in [0.717, 1.165) is 0 Å². The van der Waals surface area contributed by atoms with Gasteiger partial charge in [0.05, 0.1) is 6.61 Å². The van der Waals surface area contributed by atoms with Crippen LogP contribution in [0.5, 0.6) is 0 Å². The summed E-state index contributed by atoms with van der Waals surface area (Å²) in [5.41, 5.74) is 1.85. The maximum atomic E-state index is 13.2. The number of halogens is 3. The van der Waals surface area contributed by atoms with E-state index in [1.807, 2.05) is 0 Å². The molecule has 0 heterocycles. The Labute approximate surface area is 108 Å². The molecule has 1 N–H and O–H groups in total. The van der Waals surface area contributed by atoms with Gasteiger partial charge in [0.1, 0.15) is 5.82 Å². The fraction of sp³-hybridized carbons (Fsp3) is 0.0769. The van der Waals surface area contributed by atoms with Gasteiger partial charge in [-0.15, -0.1) is 0 Å². The molecule has 0 unspecified atom stereocenters. The molecule has 0 spiro atoms. The molecule has 0 saturated carbocycles. The summed E-state index contributed by atoms with van der Waals surface area (Å²) in [5.74, 6) is -0.372. The summed E-state index contributed by atoms with van der Waals surface area (Å²) in [6.07, 6.45) is 0. The second-order valence-electron chi connectivity index (χ2n) is 3.58. The lowest BCUT2D eigenvalue weighted by Gasteiger charge is -2.10. The summed E-state index contributed by atoms with van der Waals surface area (Å²) in [6.45, 7) is -0.172. The third kappa shape index (κ3) is 2.60. The normalized spacial score (nSPS) is 10.6. The lowest BCUT2D eigenvalue weighted by Crippen LogP contribution is -1.91. The predicted octanol–water partition coefficient (Wildman–Crippen LogP) is 4.29. The summed E-state index contributed by atoms with van der Waals surface area (Å²) in [7, 11) is 0. The van der Waals surface area contributed by atoms with E-state index >= 15 is 0 Å². The molecule has 1 nitrogen and oxygen atoms in total. The van der Waals surface area contributed by atoms with Crippen LogP contribution in [-0.2, 0) is 6.61 Å². The zero-order valence-electron chi connectivity index (χ0n) is 8.75. The van der Waals surface area contributed by atoms with Gasteiger partial charge in [0.25, 0.3) is 0 Å². The Bertz CT molecular complexity index is 555. The Morgan fingerprint density at radius 3 is 2.41 bits per heavy atom. The van der Waals surface area contributed by atoms with Crippen LogP contribution in [0, 0.1) is 5.82 Å². The van der Waals surface area contributed by atoms with Gasteiger partial charge in [0.15, 0.2) is 0 Å². The summed E-state index contributed by atoms with van der Waals surface area (Å²) >= 11 is 11.9. The molecule has 0 saturated heterocycles. The van der Waals surface area contributed by atoms with Crippen LogP contribution in [0.15, 0.2) is 36.4 Å². The van der Waals surface area contributed by atoms with Crippen molar-refractivity contribution in [3.63, 3.8) is 0 Å². The maximum absolute atomic E-state index is 13.2. The van der Waals surface area contributed by atoms with Gasteiger partial charge >= 0.3 is 0 Å². The number of hydrogen-bond acceptors (Lipinski definition) is 1. The van der Waals surface area contributed by atoms with Gasteiger partial charge in [-0.2, -0.15) is 0 Å². The van der Waals surface area contributed by atoms with E-state index in [1.54, 1.807) is 18.2 Å². The van der Waals surface area contributed by atoms with Crippen molar-refractivity contribution in [1.29, 1.82) is 0 Å². The monoisotopic (exact) mass is 270 g/mol. The van der Waals surface area contributed by atoms with Crippen molar-refractivity contribution in [2.24, 2.45) is 0 Å². The lowest BCUT2D eigenvalue weighted by molar-refractivity contribution is 0.282. The highest BCUT2D eigenvalue weighted by Gasteiger charge is 2.10. The second-order valence-corrected chi connectivity index (χ2v) is 4.43. The summed E-state index contributed by atoms with van der Waals surface area (Å²) in [4.78, 5) is 0. The SMILES string of the molecule is OCc1ccc(F)cc1-c1ccc(Cl)cc1Cl.